The number of carboxylic acids is 1. The van der Waals surface area contributed by atoms with E-state index in [1.807, 2.05) is 13.8 Å². The summed E-state index contributed by atoms with van der Waals surface area (Å²) >= 11 is 0.981. The van der Waals surface area contributed by atoms with E-state index < -0.39 is 17.6 Å². The van der Waals surface area contributed by atoms with Crippen LogP contribution in [0.4, 0.5) is 13.8 Å². The van der Waals surface area contributed by atoms with Crippen LogP contribution in [-0.4, -0.2) is 11.1 Å². The van der Waals surface area contributed by atoms with E-state index in [0.717, 1.165) is 11.3 Å². The molecular weight excluding hydrogens is 284 g/mol. The van der Waals surface area contributed by atoms with E-state index in [0.29, 0.717) is 0 Å². The van der Waals surface area contributed by atoms with Crippen molar-refractivity contribution in [1.82, 2.24) is 0 Å². The van der Waals surface area contributed by atoms with Crippen molar-refractivity contribution in [1.29, 1.82) is 0 Å². The number of anilines is 1. The maximum atomic E-state index is 13.8. The molecule has 3 N–H and O–H groups in total. The van der Waals surface area contributed by atoms with Crippen molar-refractivity contribution in [2.45, 2.75) is 20.8 Å². The van der Waals surface area contributed by atoms with Gasteiger partial charge in [0.05, 0.1) is 0 Å². The Balaban J connectivity index is 0.000000956. The molecule has 2 aromatic rings. The van der Waals surface area contributed by atoms with Gasteiger partial charge in [-0.1, -0.05) is 26.0 Å². The Morgan fingerprint density at radius 1 is 1.20 bits per heavy atom. The van der Waals surface area contributed by atoms with Gasteiger partial charge in [-0.2, -0.15) is 0 Å². The number of hydrogen-bond acceptors (Lipinski definition) is 3. The van der Waals surface area contributed by atoms with Crippen LogP contribution in [0.3, 0.4) is 0 Å². The lowest BCUT2D eigenvalue weighted by molar-refractivity contribution is 0.0699. The molecule has 2 rings (SSSR count). The van der Waals surface area contributed by atoms with Crippen LogP contribution >= 0.6 is 11.3 Å². The van der Waals surface area contributed by atoms with Crippen molar-refractivity contribution in [3.63, 3.8) is 0 Å². The fourth-order valence-electron chi connectivity index (χ4n) is 1.65. The fourth-order valence-corrected chi connectivity index (χ4v) is 2.45. The Labute approximate surface area is 119 Å². The van der Waals surface area contributed by atoms with E-state index in [1.54, 1.807) is 0 Å². The number of aromatic carboxylic acids is 1. The highest BCUT2D eigenvalue weighted by atomic mass is 32.1. The molecule has 1 heterocycles. The predicted octanol–water partition coefficient (Wildman–Crippen LogP) is 4.31. The van der Waals surface area contributed by atoms with Gasteiger partial charge >= 0.3 is 5.97 Å². The molecule has 0 atom stereocenters. The Bertz CT molecular complexity index is 638. The molecule has 0 aliphatic carbocycles. The lowest BCUT2D eigenvalue weighted by atomic mass is 10.0. The average molecular weight is 299 g/mol. The van der Waals surface area contributed by atoms with Crippen molar-refractivity contribution in [2.75, 3.05) is 5.73 Å². The molecule has 0 saturated heterocycles. The number of nitrogen functional groups attached to an aromatic ring is 1. The SMILES string of the molecule is CC.Cc1ccc(-c2csc(N)c2C(=O)O)c(F)c1F. The molecule has 6 heteroatoms. The molecule has 0 fully saturated rings. The Kier molecular flexibility index (Phi) is 5.21. The summed E-state index contributed by atoms with van der Waals surface area (Å²) in [5.74, 6) is -3.30. The van der Waals surface area contributed by atoms with Crippen LogP contribution in [-0.2, 0) is 0 Å². The fraction of sp³-hybridized carbons (Fsp3) is 0.214. The van der Waals surface area contributed by atoms with Gasteiger partial charge in [-0.15, -0.1) is 11.3 Å². The molecule has 0 amide bonds. The smallest absolute Gasteiger partial charge is 0.339 e. The second kappa shape index (κ2) is 6.47. The van der Waals surface area contributed by atoms with Crippen LogP contribution in [0.5, 0.6) is 0 Å². The maximum Gasteiger partial charge on any atom is 0.339 e. The zero-order valence-corrected chi connectivity index (χ0v) is 12.1. The van der Waals surface area contributed by atoms with Crippen molar-refractivity contribution in [3.05, 3.63) is 40.3 Å². The third kappa shape index (κ3) is 2.80. The summed E-state index contributed by atoms with van der Waals surface area (Å²) in [6.07, 6.45) is 0. The first-order valence-electron chi connectivity index (χ1n) is 5.98. The number of aryl methyl sites for hydroxylation is 1. The standard InChI is InChI=1S/C12H9F2NO2S.C2H6/c1-5-2-3-6(10(14)9(5)13)7-4-18-11(15)8(7)12(16)17;1-2/h2-4H,15H2,1H3,(H,16,17);1-2H3. The molecule has 20 heavy (non-hydrogen) atoms. The Morgan fingerprint density at radius 2 is 1.80 bits per heavy atom. The monoisotopic (exact) mass is 299 g/mol. The number of benzene rings is 1. The highest BCUT2D eigenvalue weighted by Gasteiger charge is 2.21. The van der Waals surface area contributed by atoms with Crippen LogP contribution in [0.15, 0.2) is 17.5 Å². The van der Waals surface area contributed by atoms with Gasteiger partial charge < -0.3 is 10.8 Å². The van der Waals surface area contributed by atoms with Gasteiger partial charge in [0.2, 0.25) is 0 Å². The molecule has 0 saturated carbocycles. The number of carboxylic acid groups (broad SMARTS) is 1. The average Bonchev–Trinajstić information content (AvgIpc) is 2.80. The number of hydrogen-bond donors (Lipinski definition) is 2. The van der Waals surface area contributed by atoms with E-state index in [2.05, 4.69) is 0 Å². The largest absolute Gasteiger partial charge is 0.478 e. The normalized spacial score (nSPS) is 9.85. The predicted molar refractivity (Wildman–Crippen MR) is 77.1 cm³/mol. The summed E-state index contributed by atoms with van der Waals surface area (Å²) < 4.78 is 27.3. The van der Waals surface area contributed by atoms with Gasteiger partial charge in [0, 0.05) is 16.5 Å². The minimum atomic E-state index is -1.26. The van der Waals surface area contributed by atoms with E-state index in [4.69, 9.17) is 10.8 Å². The molecule has 0 aliphatic rings. The first kappa shape index (κ1) is 16.1. The minimum absolute atomic E-state index is 0.0675. The number of thiophene rings is 1. The second-order valence-corrected chi connectivity index (χ2v) is 4.66. The van der Waals surface area contributed by atoms with Crippen LogP contribution < -0.4 is 5.73 Å². The summed E-state index contributed by atoms with van der Waals surface area (Å²) in [5.41, 5.74) is 5.49. The molecule has 0 radical (unpaired) electrons. The summed E-state index contributed by atoms with van der Waals surface area (Å²) in [6, 6.07) is 2.74. The number of rotatable bonds is 2. The van der Waals surface area contributed by atoms with E-state index in [9.17, 15) is 13.6 Å². The van der Waals surface area contributed by atoms with Crippen LogP contribution in [0, 0.1) is 18.6 Å². The Morgan fingerprint density at radius 3 is 2.35 bits per heavy atom. The highest BCUT2D eigenvalue weighted by Crippen LogP contribution is 2.35. The first-order valence-corrected chi connectivity index (χ1v) is 6.86. The number of halogens is 2. The van der Waals surface area contributed by atoms with Crippen LogP contribution in [0.25, 0.3) is 11.1 Å². The molecule has 1 aromatic carbocycles. The lowest BCUT2D eigenvalue weighted by Crippen LogP contribution is -2.02. The molecule has 3 nitrogen and oxygen atoms in total. The van der Waals surface area contributed by atoms with Gasteiger partial charge in [0.1, 0.15) is 10.6 Å². The van der Waals surface area contributed by atoms with E-state index in [-0.39, 0.29) is 27.3 Å². The number of carbonyl (C=O) groups is 1. The lowest BCUT2D eigenvalue weighted by Gasteiger charge is -2.06. The third-order valence-electron chi connectivity index (χ3n) is 2.60. The van der Waals surface area contributed by atoms with Gasteiger partial charge in [0.15, 0.2) is 11.6 Å². The summed E-state index contributed by atoms with van der Waals surface area (Å²) in [5, 5.41) is 10.5. The molecular formula is C14H15F2NO2S. The Hall–Kier alpha value is -1.95. The van der Waals surface area contributed by atoms with Crippen molar-refractivity contribution in [2.24, 2.45) is 0 Å². The molecule has 1 aromatic heterocycles. The molecule has 0 unspecified atom stereocenters. The van der Waals surface area contributed by atoms with Gasteiger partial charge in [-0.25, -0.2) is 13.6 Å². The van der Waals surface area contributed by atoms with Crippen molar-refractivity contribution < 1.29 is 18.7 Å². The van der Waals surface area contributed by atoms with Gasteiger partial charge in [0.25, 0.3) is 0 Å². The highest BCUT2D eigenvalue weighted by molar-refractivity contribution is 7.14. The zero-order chi connectivity index (χ0) is 15.4. The van der Waals surface area contributed by atoms with Crippen LogP contribution in [0.2, 0.25) is 0 Å². The van der Waals surface area contributed by atoms with E-state index >= 15 is 0 Å². The molecule has 0 bridgehead atoms. The van der Waals surface area contributed by atoms with Gasteiger partial charge in [-0.05, 0) is 12.5 Å². The second-order valence-electron chi connectivity index (χ2n) is 3.75. The molecule has 0 aliphatic heterocycles. The molecule has 108 valence electrons. The van der Waals surface area contributed by atoms with Crippen molar-refractivity contribution in [3.8, 4) is 11.1 Å². The third-order valence-corrected chi connectivity index (χ3v) is 3.41. The summed E-state index contributed by atoms with van der Waals surface area (Å²) in [4.78, 5) is 11.1. The number of nitrogens with two attached hydrogens (primary N) is 1. The van der Waals surface area contributed by atoms with Crippen molar-refractivity contribution >= 4 is 22.3 Å². The summed E-state index contributed by atoms with van der Waals surface area (Å²) in [6.45, 7) is 5.43. The van der Waals surface area contributed by atoms with Crippen LogP contribution in [0.1, 0.15) is 29.8 Å². The topological polar surface area (TPSA) is 63.3 Å². The first-order chi connectivity index (χ1) is 9.43. The maximum absolute atomic E-state index is 13.8. The van der Waals surface area contributed by atoms with E-state index in [1.165, 1.54) is 24.4 Å². The van der Waals surface area contributed by atoms with Gasteiger partial charge in [-0.3, -0.25) is 0 Å². The zero-order valence-electron chi connectivity index (χ0n) is 11.3. The quantitative estimate of drug-likeness (QED) is 0.868. The summed E-state index contributed by atoms with van der Waals surface area (Å²) in [7, 11) is 0. The molecule has 0 spiro atoms. The minimum Gasteiger partial charge on any atom is -0.478 e.